The fourth-order valence-electron chi connectivity index (χ4n) is 4.21. The number of aryl methyl sites for hydroxylation is 2. The minimum Gasteiger partial charge on any atom is -0.339 e. The number of benzene rings is 1. The molecular weight excluding hydrogens is 394 g/mol. The lowest BCUT2D eigenvalue weighted by molar-refractivity contribution is 0.0717. The molecule has 0 aliphatic heterocycles. The number of carbonyl (C=O) groups is 1. The van der Waals surface area contributed by atoms with Crippen molar-refractivity contribution in [2.45, 2.75) is 69.3 Å². The van der Waals surface area contributed by atoms with Crippen LogP contribution in [0.1, 0.15) is 65.8 Å². The Balaban J connectivity index is 1.50. The van der Waals surface area contributed by atoms with Gasteiger partial charge in [0.05, 0.1) is 0 Å². The lowest BCUT2D eigenvalue weighted by Crippen LogP contribution is -2.37. The first-order valence-corrected chi connectivity index (χ1v) is 11.7. The van der Waals surface area contributed by atoms with Gasteiger partial charge in [-0.05, 0) is 44.4 Å². The second-order valence-corrected chi connectivity index (χ2v) is 9.09. The number of hydrogen-bond donors (Lipinski definition) is 0. The highest BCUT2D eigenvalue weighted by Crippen LogP contribution is 2.26. The van der Waals surface area contributed by atoms with Crippen molar-refractivity contribution in [1.82, 2.24) is 24.5 Å². The maximum absolute atomic E-state index is 13.3. The summed E-state index contributed by atoms with van der Waals surface area (Å²) in [7, 11) is 1.96. The standard InChI is InChI=1S/C23H29N5OS/c1-16-14-17(2)28-22(24-16)25-23(26-28)30-15-18-10-8-9-13-20(18)21(29)27(3)19-11-6-4-5-7-12-19/h8-10,13-14,19H,4-7,11-12,15H2,1-3H3. The molecular formula is C23H29N5OS. The highest BCUT2D eigenvalue weighted by Gasteiger charge is 2.24. The number of hydrogen-bond acceptors (Lipinski definition) is 5. The average molecular weight is 424 g/mol. The summed E-state index contributed by atoms with van der Waals surface area (Å²) in [4.78, 5) is 24.3. The van der Waals surface area contributed by atoms with Crippen LogP contribution in [0.5, 0.6) is 0 Å². The molecule has 1 aliphatic carbocycles. The molecule has 2 aromatic heterocycles. The van der Waals surface area contributed by atoms with Crippen LogP contribution in [-0.2, 0) is 5.75 Å². The fraction of sp³-hybridized carbons (Fsp3) is 0.478. The van der Waals surface area contributed by atoms with Gasteiger partial charge < -0.3 is 4.90 Å². The number of rotatable bonds is 5. The predicted molar refractivity (Wildman–Crippen MR) is 120 cm³/mol. The van der Waals surface area contributed by atoms with E-state index in [0.29, 0.717) is 22.7 Å². The smallest absolute Gasteiger partial charge is 0.254 e. The van der Waals surface area contributed by atoms with Gasteiger partial charge in [0.15, 0.2) is 0 Å². The van der Waals surface area contributed by atoms with Crippen molar-refractivity contribution >= 4 is 23.4 Å². The normalized spacial score (nSPS) is 15.3. The summed E-state index contributed by atoms with van der Waals surface area (Å²) in [6.07, 6.45) is 7.21. The van der Waals surface area contributed by atoms with Crippen LogP contribution >= 0.6 is 11.8 Å². The maximum Gasteiger partial charge on any atom is 0.254 e. The number of nitrogens with zero attached hydrogens (tertiary/aromatic N) is 5. The summed E-state index contributed by atoms with van der Waals surface area (Å²) in [5.41, 5.74) is 3.75. The van der Waals surface area contributed by atoms with E-state index in [-0.39, 0.29) is 5.91 Å². The second-order valence-electron chi connectivity index (χ2n) is 8.15. The molecule has 1 saturated carbocycles. The number of carbonyl (C=O) groups excluding carboxylic acids is 1. The van der Waals surface area contributed by atoms with Crippen LogP contribution in [0.2, 0.25) is 0 Å². The number of thioether (sulfide) groups is 1. The van der Waals surface area contributed by atoms with E-state index in [1.807, 2.05) is 56.1 Å². The Morgan fingerprint density at radius 3 is 2.63 bits per heavy atom. The minimum absolute atomic E-state index is 0.120. The topological polar surface area (TPSA) is 63.4 Å². The van der Waals surface area contributed by atoms with E-state index in [1.54, 1.807) is 16.3 Å². The summed E-state index contributed by atoms with van der Waals surface area (Å²) in [5, 5.41) is 5.25. The third-order valence-electron chi connectivity index (χ3n) is 5.90. The Hall–Kier alpha value is -2.41. The van der Waals surface area contributed by atoms with Gasteiger partial charge in [-0.15, -0.1) is 5.10 Å². The van der Waals surface area contributed by atoms with E-state index in [2.05, 4.69) is 15.1 Å². The summed E-state index contributed by atoms with van der Waals surface area (Å²) < 4.78 is 1.77. The average Bonchev–Trinajstić information content (AvgIpc) is 2.96. The summed E-state index contributed by atoms with van der Waals surface area (Å²) in [6, 6.07) is 10.2. The lowest BCUT2D eigenvalue weighted by Gasteiger charge is -2.28. The molecule has 0 spiro atoms. The van der Waals surface area contributed by atoms with Crippen molar-refractivity contribution in [1.29, 1.82) is 0 Å². The van der Waals surface area contributed by atoms with E-state index < -0.39 is 0 Å². The Morgan fingerprint density at radius 2 is 1.87 bits per heavy atom. The van der Waals surface area contributed by atoms with Gasteiger partial charge in [-0.1, -0.05) is 55.6 Å². The minimum atomic E-state index is 0.120. The molecule has 0 unspecified atom stereocenters. The van der Waals surface area contributed by atoms with Crippen LogP contribution in [0.4, 0.5) is 0 Å². The zero-order valence-electron chi connectivity index (χ0n) is 18.0. The summed E-state index contributed by atoms with van der Waals surface area (Å²) in [6.45, 7) is 3.96. The van der Waals surface area contributed by atoms with Crippen molar-refractivity contribution in [3.05, 3.63) is 52.8 Å². The molecule has 3 aromatic rings. The van der Waals surface area contributed by atoms with Crippen LogP contribution in [-0.4, -0.2) is 43.5 Å². The van der Waals surface area contributed by atoms with E-state index in [9.17, 15) is 4.79 Å². The van der Waals surface area contributed by atoms with Gasteiger partial charge in [-0.2, -0.15) is 4.98 Å². The SMILES string of the molecule is Cc1cc(C)n2nc(SCc3ccccc3C(=O)N(C)C3CCCCCC3)nc2n1. The maximum atomic E-state index is 13.3. The van der Waals surface area contributed by atoms with Gasteiger partial charge in [-0.25, -0.2) is 9.50 Å². The number of amides is 1. The first-order valence-electron chi connectivity index (χ1n) is 10.7. The lowest BCUT2D eigenvalue weighted by atomic mass is 10.0. The number of fused-ring (bicyclic) bond motifs is 1. The summed E-state index contributed by atoms with van der Waals surface area (Å²) in [5.74, 6) is 1.39. The molecule has 0 saturated heterocycles. The van der Waals surface area contributed by atoms with Crippen LogP contribution in [0.15, 0.2) is 35.5 Å². The van der Waals surface area contributed by atoms with E-state index in [4.69, 9.17) is 0 Å². The Bertz CT molecular complexity index is 1040. The van der Waals surface area contributed by atoms with Crippen molar-refractivity contribution in [2.75, 3.05) is 7.05 Å². The molecule has 0 bridgehead atoms. The molecule has 0 radical (unpaired) electrons. The molecule has 1 aromatic carbocycles. The van der Waals surface area contributed by atoms with Crippen molar-refractivity contribution < 1.29 is 4.79 Å². The van der Waals surface area contributed by atoms with Gasteiger partial charge in [0, 0.05) is 35.8 Å². The molecule has 4 rings (SSSR count). The molecule has 7 heteroatoms. The van der Waals surface area contributed by atoms with Crippen molar-refractivity contribution in [3.63, 3.8) is 0 Å². The number of aromatic nitrogens is 4. The molecule has 6 nitrogen and oxygen atoms in total. The van der Waals surface area contributed by atoms with Crippen molar-refractivity contribution in [3.8, 4) is 0 Å². The van der Waals surface area contributed by atoms with E-state index in [0.717, 1.165) is 35.4 Å². The molecule has 1 amide bonds. The quantitative estimate of drug-likeness (QED) is 0.434. The molecule has 0 N–H and O–H groups in total. The molecule has 0 atom stereocenters. The van der Waals surface area contributed by atoms with E-state index >= 15 is 0 Å². The van der Waals surface area contributed by atoms with Crippen molar-refractivity contribution in [2.24, 2.45) is 0 Å². The third kappa shape index (κ3) is 4.51. The molecule has 2 heterocycles. The van der Waals surface area contributed by atoms with Crippen LogP contribution < -0.4 is 0 Å². The monoisotopic (exact) mass is 423 g/mol. The second kappa shape index (κ2) is 9.16. The zero-order valence-corrected chi connectivity index (χ0v) is 18.8. The zero-order chi connectivity index (χ0) is 21.1. The fourth-order valence-corrected chi connectivity index (χ4v) is 5.03. The van der Waals surface area contributed by atoms with Gasteiger partial charge in [0.2, 0.25) is 5.16 Å². The third-order valence-corrected chi connectivity index (χ3v) is 6.78. The van der Waals surface area contributed by atoms with Gasteiger partial charge in [0.25, 0.3) is 11.7 Å². The Morgan fingerprint density at radius 1 is 1.13 bits per heavy atom. The van der Waals surface area contributed by atoms with Gasteiger partial charge >= 0.3 is 0 Å². The summed E-state index contributed by atoms with van der Waals surface area (Å²) >= 11 is 1.54. The van der Waals surface area contributed by atoms with Crippen LogP contribution in [0.25, 0.3) is 5.78 Å². The van der Waals surface area contributed by atoms with Crippen LogP contribution in [0.3, 0.4) is 0 Å². The highest BCUT2D eigenvalue weighted by molar-refractivity contribution is 7.98. The largest absolute Gasteiger partial charge is 0.339 e. The Kier molecular flexibility index (Phi) is 6.37. The van der Waals surface area contributed by atoms with Crippen LogP contribution in [0, 0.1) is 13.8 Å². The van der Waals surface area contributed by atoms with E-state index in [1.165, 1.54) is 25.7 Å². The molecule has 1 fully saturated rings. The van der Waals surface area contributed by atoms with Gasteiger partial charge in [-0.3, -0.25) is 4.79 Å². The molecule has 30 heavy (non-hydrogen) atoms. The van der Waals surface area contributed by atoms with Gasteiger partial charge in [0.1, 0.15) is 0 Å². The highest BCUT2D eigenvalue weighted by atomic mass is 32.2. The first-order chi connectivity index (χ1) is 14.5. The first kappa shape index (κ1) is 20.8. The predicted octanol–water partition coefficient (Wildman–Crippen LogP) is 4.83. The Labute approximate surface area is 182 Å². The molecule has 1 aliphatic rings. The molecule has 158 valence electrons.